The maximum atomic E-state index is 12.6. The van der Waals surface area contributed by atoms with Crippen LogP contribution in [0.5, 0.6) is 5.75 Å². The molecule has 0 aromatic heterocycles. The van der Waals surface area contributed by atoms with Gasteiger partial charge in [0.1, 0.15) is 10.6 Å². The van der Waals surface area contributed by atoms with E-state index in [4.69, 9.17) is 22.1 Å². The summed E-state index contributed by atoms with van der Waals surface area (Å²) in [7, 11) is -6.63. The number of rotatable bonds is 11. The van der Waals surface area contributed by atoms with Gasteiger partial charge in [-0.15, -0.1) is 0 Å². The van der Waals surface area contributed by atoms with Gasteiger partial charge in [0, 0.05) is 19.2 Å². The minimum absolute atomic E-state index is 0.0393. The lowest BCUT2D eigenvalue weighted by molar-refractivity contribution is 0.245. The van der Waals surface area contributed by atoms with Crippen molar-refractivity contribution in [3.63, 3.8) is 0 Å². The summed E-state index contributed by atoms with van der Waals surface area (Å²) in [5, 5.41) is 2.56. The summed E-state index contributed by atoms with van der Waals surface area (Å²) < 4.78 is 59.4. The molecule has 33 heavy (non-hydrogen) atoms. The van der Waals surface area contributed by atoms with E-state index in [1.54, 1.807) is 12.1 Å². The van der Waals surface area contributed by atoms with Crippen molar-refractivity contribution >= 4 is 43.4 Å². The lowest BCUT2D eigenvalue weighted by Crippen LogP contribution is -2.39. The van der Waals surface area contributed by atoms with Crippen LogP contribution in [0.3, 0.4) is 0 Å². The predicted molar refractivity (Wildman–Crippen MR) is 126 cm³/mol. The third kappa shape index (κ3) is 7.49. The van der Waals surface area contributed by atoms with Crippen molar-refractivity contribution in [3.8, 4) is 5.75 Å². The second-order valence-electron chi connectivity index (χ2n) is 7.03. The van der Waals surface area contributed by atoms with E-state index in [2.05, 4.69) is 10.0 Å². The van der Waals surface area contributed by atoms with Crippen LogP contribution >= 0.6 is 11.6 Å². The molecule has 0 atom stereocenters. The van der Waals surface area contributed by atoms with Crippen LogP contribution in [0, 0.1) is 0 Å². The lowest BCUT2D eigenvalue weighted by atomic mass is 10.2. The summed E-state index contributed by atoms with van der Waals surface area (Å²) in [5.74, 6) is 0.0604. The lowest BCUT2D eigenvalue weighted by Gasteiger charge is -2.12. The minimum atomic E-state index is -4.02. The molecule has 2 aromatic rings. The highest BCUT2D eigenvalue weighted by Crippen LogP contribution is 2.31. The molecule has 0 heterocycles. The maximum absolute atomic E-state index is 12.6. The molecule has 2 aromatic carbocycles. The number of amides is 2. The Labute approximate surface area is 198 Å². The summed E-state index contributed by atoms with van der Waals surface area (Å²) in [6.45, 7) is 2.37. The van der Waals surface area contributed by atoms with E-state index in [1.807, 2.05) is 11.6 Å². The molecule has 10 nitrogen and oxygen atoms in total. The van der Waals surface area contributed by atoms with Crippen molar-refractivity contribution in [2.45, 2.75) is 36.0 Å². The summed E-state index contributed by atoms with van der Waals surface area (Å²) in [5.41, 5.74) is 6.56. The van der Waals surface area contributed by atoms with Gasteiger partial charge in [0.05, 0.1) is 22.7 Å². The first-order valence-electron chi connectivity index (χ1n) is 10.0. The first-order valence-corrected chi connectivity index (χ1v) is 13.4. The van der Waals surface area contributed by atoms with E-state index in [1.165, 1.54) is 31.4 Å². The minimum Gasteiger partial charge on any atom is -0.495 e. The highest BCUT2D eigenvalue weighted by molar-refractivity contribution is 7.90. The van der Waals surface area contributed by atoms with E-state index in [9.17, 15) is 21.6 Å². The molecule has 0 fully saturated rings. The average molecular weight is 519 g/mol. The predicted octanol–water partition coefficient (Wildman–Crippen LogP) is 2.24. The molecule has 0 aliphatic heterocycles. The first kappa shape index (κ1) is 26.7. The van der Waals surface area contributed by atoms with E-state index in [-0.39, 0.29) is 39.2 Å². The number of hydrogen-bond acceptors (Lipinski definition) is 7. The molecule has 5 N–H and O–H groups in total. The topological polar surface area (TPSA) is 157 Å². The number of methoxy groups -OCH3 is 1. The van der Waals surface area contributed by atoms with Gasteiger partial charge < -0.3 is 15.8 Å². The zero-order chi connectivity index (χ0) is 24.6. The number of anilines is 1. The van der Waals surface area contributed by atoms with Crippen LogP contribution in [-0.2, 0) is 26.5 Å². The monoisotopic (exact) mass is 518 g/mol. The quantitative estimate of drug-likeness (QED) is 0.262. The van der Waals surface area contributed by atoms with Crippen LogP contribution in [0.15, 0.2) is 46.2 Å². The number of nitrogen functional groups attached to an aromatic ring is 1. The molecule has 0 saturated heterocycles. The molecular weight excluding hydrogens is 492 g/mol. The Morgan fingerprint density at radius 3 is 2.33 bits per heavy atom. The van der Waals surface area contributed by atoms with Gasteiger partial charge in [0.2, 0.25) is 10.0 Å². The Balaban J connectivity index is 1.99. The zero-order valence-corrected chi connectivity index (χ0v) is 20.6. The molecule has 0 radical (unpaired) electrons. The molecule has 2 rings (SSSR count). The van der Waals surface area contributed by atoms with Crippen LogP contribution in [0.1, 0.15) is 25.3 Å². The van der Waals surface area contributed by atoms with E-state index in [0.29, 0.717) is 12.1 Å². The fraction of sp³-hybridized carbons (Fsp3) is 0.350. The summed E-state index contributed by atoms with van der Waals surface area (Å²) in [6.07, 6.45) is 1.89. The fourth-order valence-corrected chi connectivity index (χ4v) is 5.12. The number of nitrogens with two attached hydrogens (primary N) is 1. The normalized spacial score (nSPS) is 11.7. The van der Waals surface area contributed by atoms with Crippen molar-refractivity contribution < 1.29 is 26.4 Å². The number of ether oxygens (including phenoxy) is 1. The molecular formula is C20H27ClN4O6S2. The number of sulfonamides is 2. The number of nitrogens with one attached hydrogen (secondary N) is 3. The highest BCUT2D eigenvalue weighted by atomic mass is 35.5. The molecule has 0 saturated carbocycles. The summed E-state index contributed by atoms with van der Waals surface area (Å²) in [4.78, 5) is 11.5. The van der Waals surface area contributed by atoms with Crippen molar-refractivity contribution in [2.75, 3.05) is 25.9 Å². The average Bonchev–Trinajstić information content (AvgIpc) is 2.75. The third-order valence-electron chi connectivity index (χ3n) is 4.55. The van der Waals surface area contributed by atoms with E-state index < -0.39 is 26.1 Å². The first-order chi connectivity index (χ1) is 15.5. The van der Waals surface area contributed by atoms with Gasteiger partial charge in [0.15, 0.2) is 0 Å². The summed E-state index contributed by atoms with van der Waals surface area (Å²) in [6, 6.07) is 7.51. The number of urea groups is 1. The van der Waals surface area contributed by atoms with Crippen LogP contribution in [0.25, 0.3) is 0 Å². The van der Waals surface area contributed by atoms with Gasteiger partial charge in [-0.1, -0.05) is 37.1 Å². The number of unbranched alkanes of at least 4 members (excludes halogenated alkanes) is 1. The van der Waals surface area contributed by atoms with Gasteiger partial charge in [-0.2, -0.15) is 0 Å². The fourth-order valence-electron chi connectivity index (χ4n) is 2.76. The second-order valence-corrected chi connectivity index (χ2v) is 10.9. The molecule has 0 unspecified atom stereocenters. The van der Waals surface area contributed by atoms with Crippen molar-refractivity contribution in [1.29, 1.82) is 0 Å². The highest BCUT2D eigenvalue weighted by Gasteiger charge is 2.21. The van der Waals surface area contributed by atoms with Crippen LogP contribution in [0.4, 0.5) is 10.5 Å². The number of halogens is 1. The Morgan fingerprint density at radius 1 is 1.06 bits per heavy atom. The largest absolute Gasteiger partial charge is 0.495 e. The number of carbonyl (C=O) groups is 1. The van der Waals surface area contributed by atoms with Crippen molar-refractivity contribution in [3.05, 3.63) is 47.0 Å². The van der Waals surface area contributed by atoms with E-state index >= 15 is 0 Å². The third-order valence-corrected chi connectivity index (χ3v) is 7.71. The zero-order valence-electron chi connectivity index (χ0n) is 18.2. The molecule has 0 bridgehead atoms. The number of carbonyl (C=O) groups excluding carboxylic acids is 1. The van der Waals surface area contributed by atoms with Crippen LogP contribution in [0.2, 0.25) is 5.02 Å². The second kappa shape index (κ2) is 11.5. The summed E-state index contributed by atoms with van der Waals surface area (Å²) >= 11 is 5.94. The smallest absolute Gasteiger partial charge is 0.328 e. The SMILES string of the molecule is CCCCNC(=O)NS(=O)(=O)c1ccc(CCNS(=O)(=O)c2cc(Cl)c(N)cc2OC)cc1. The molecule has 13 heteroatoms. The van der Waals surface area contributed by atoms with Crippen LogP contribution < -0.4 is 25.2 Å². The van der Waals surface area contributed by atoms with E-state index in [0.717, 1.165) is 12.8 Å². The van der Waals surface area contributed by atoms with Crippen LogP contribution in [-0.4, -0.2) is 43.1 Å². The number of hydrogen-bond donors (Lipinski definition) is 4. The Hall–Kier alpha value is -2.54. The van der Waals surface area contributed by atoms with Gasteiger partial charge in [-0.3, -0.25) is 0 Å². The molecule has 182 valence electrons. The van der Waals surface area contributed by atoms with Gasteiger partial charge in [-0.25, -0.2) is 31.1 Å². The number of benzene rings is 2. The van der Waals surface area contributed by atoms with Gasteiger partial charge >= 0.3 is 6.03 Å². The Kier molecular flexibility index (Phi) is 9.35. The molecule has 0 aliphatic carbocycles. The van der Waals surface area contributed by atoms with Gasteiger partial charge in [0.25, 0.3) is 10.0 Å². The maximum Gasteiger partial charge on any atom is 0.328 e. The Bertz CT molecular complexity index is 1190. The van der Waals surface area contributed by atoms with Crippen molar-refractivity contribution in [1.82, 2.24) is 14.8 Å². The van der Waals surface area contributed by atoms with Gasteiger partial charge in [-0.05, 0) is 36.6 Å². The van der Waals surface area contributed by atoms with Crippen molar-refractivity contribution in [2.24, 2.45) is 0 Å². The Morgan fingerprint density at radius 2 is 1.73 bits per heavy atom. The molecule has 0 aliphatic rings. The standard InChI is InChI=1S/C20H27ClN4O6S2/c1-3-4-10-23-20(26)25-32(27,28)15-7-5-14(6-8-15)9-11-24-33(29,30)19-12-16(21)17(22)13-18(19)31-2/h5-8,12-13,24H,3-4,9-11,22H2,1-2H3,(H2,23,25,26). The molecule has 2 amide bonds. The molecule has 0 spiro atoms.